The van der Waals surface area contributed by atoms with Gasteiger partial charge in [-0.3, -0.25) is 0 Å². The molecule has 0 aromatic heterocycles. The van der Waals surface area contributed by atoms with Crippen molar-refractivity contribution >= 4 is 12.0 Å². The van der Waals surface area contributed by atoms with Gasteiger partial charge in [-0.2, -0.15) is 0 Å². The van der Waals surface area contributed by atoms with E-state index in [0.29, 0.717) is 12.1 Å². The summed E-state index contributed by atoms with van der Waals surface area (Å²) in [5.41, 5.74) is 5.79. The molecule has 3 N–H and O–H groups in total. The predicted molar refractivity (Wildman–Crippen MR) is 68.0 cm³/mol. The molecule has 0 atom stereocenters. The van der Waals surface area contributed by atoms with Crippen LogP contribution in [0.15, 0.2) is 24.3 Å². The van der Waals surface area contributed by atoms with Gasteiger partial charge in [0, 0.05) is 6.54 Å². The second kappa shape index (κ2) is 5.53. The smallest absolute Gasteiger partial charge is 0.338 e. The fourth-order valence-corrected chi connectivity index (χ4v) is 1.28. The zero-order valence-electron chi connectivity index (χ0n) is 10.8. The Morgan fingerprint density at radius 1 is 1.22 bits per heavy atom. The first-order valence-electron chi connectivity index (χ1n) is 5.63. The van der Waals surface area contributed by atoms with Crippen molar-refractivity contribution in [2.75, 3.05) is 0 Å². The van der Waals surface area contributed by atoms with E-state index in [4.69, 9.17) is 10.5 Å². The molecule has 98 valence electrons. The van der Waals surface area contributed by atoms with Gasteiger partial charge in [-0.15, -0.1) is 0 Å². The highest BCUT2D eigenvalue weighted by atomic mass is 16.6. The van der Waals surface area contributed by atoms with E-state index < -0.39 is 11.6 Å². The molecule has 0 bridgehead atoms. The lowest BCUT2D eigenvalue weighted by molar-refractivity contribution is 0.00695. The number of carbonyl (C=O) groups excluding carboxylic acids is 2. The quantitative estimate of drug-likeness (QED) is 0.803. The Balaban J connectivity index is 2.65. The number of nitrogens with one attached hydrogen (secondary N) is 1. The maximum atomic E-state index is 11.7. The van der Waals surface area contributed by atoms with Crippen molar-refractivity contribution in [1.29, 1.82) is 0 Å². The van der Waals surface area contributed by atoms with Gasteiger partial charge in [0.25, 0.3) is 0 Å². The molecular formula is C13H18N2O3. The van der Waals surface area contributed by atoms with Crippen molar-refractivity contribution in [3.05, 3.63) is 35.4 Å². The number of nitrogens with two attached hydrogens (primary N) is 1. The highest BCUT2D eigenvalue weighted by molar-refractivity contribution is 5.89. The highest BCUT2D eigenvalue weighted by Gasteiger charge is 2.17. The summed E-state index contributed by atoms with van der Waals surface area (Å²) in [5.74, 6) is -0.364. The number of rotatable bonds is 3. The molecule has 1 aromatic rings. The summed E-state index contributed by atoms with van der Waals surface area (Å²) < 4.78 is 5.23. The van der Waals surface area contributed by atoms with Crippen molar-refractivity contribution in [1.82, 2.24) is 5.32 Å². The van der Waals surface area contributed by atoms with Gasteiger partial charge in [-0.05, 0) is 38.5 Å². The standard InChI is InChI=1S/C13H18N2O3/c1-13(2,3)18-11(16)10-6-4-9(5-7-10)8-15-12(14)17/h4-7H,8H2,1-3H3,(H3,14,15,17). The van der Waals surface area contributed by atoms with E-state index in [1.165, 1.54) is 0 Å². The number of hydrogen-bond acceptors (Lipinski definition) is 3. The van der Waals surface area contributed by atoms with Crippen LogP contribution in [0.1, 0.15) is 36.7 Å². The Bertz CT molecular complexity index is 433. The molecule has 0 aliphatic rings. The molecule has 5 nitrogen and oxygen atoms in total. The maximum Gasteiger partial charge on any atom is 0.338 e. The van der Waals surface area contributed by atoms with Gasteiger partial charge in [0.2, 0.25) is 0 Å². The van der Waals surface area contributed by atoms with Gasteiger partial charge in [0.15, 0.2) is 0 Å². The molecule has 0 unspecified atom stereocenters. The van der Waals surface area contributed by atoms with Gasteiger partial charge in [-0.1, -0.05) is 12.1 Å². The number of esters is 1. The van der Waals surface area contributed by atoms with E-state index >= 15 is 0 Å². The number of amides is 2. The predicted octanol–water partition coefficient (Wildman–Crippen LogP) is 1.81. The topological polar surface area (TPSA) is 81.4 Å². The molecule has 0 saturated heterocycles. The molecule has 0 heterocycles. The minimum absolute atomic E-state index is 0.337. The van der Waals surface area contributed by atoms with Gasteiger partial charge in [-0.25, -0.2) is 9.59 Å². The molecule has 0 aliphatic heterocycles. The molecule has 0 aliphatic carbocycles. The first kappa shape index (κ1) is 14.0. The lowest BCUT2D eigenvalue weighted by atomic mass is 10.1. The molecule has 1 rings (SSSR count). The van der Waals surface area contributed by atoms with E-state index in [9.17, 15) is 9.59 Å². The molecule has 2 amide bonds. The number of primary amides is 1. The first-order chi connectivity index (χ1) is 8.28. The summed E-state index contributed by atoms with van der Waals surface area (Å²) in [7, 11) is 0. The molecule has 0 fully saturated rings. The molecule has 18 heavy (non-hydrogen) atoms. The summed E-state index contributed by atoms with van der Waals surface area (Å²) in [5, 5.41) is 2.47. The molecule has 0 radical (unpaired) electrons. The van der Waals surface area contributed by atoms with E-state index in [1.54, 1.807) is 24.3 Å². The van der Waals surface area contributed by atoms with Gasteiger partial charge >= 0.3 is 12.0 Å². The van der Waals surface area contributed by atoms with Gasteiger partial charge < -0.3 is 15.8 Å². The third-order valence-corrected chi connectivity index (χ3v) is 2.06. The number of ether oxygens (including phenoxy) is 1. The van der Waals surface area contributed by atoms with Crippen molar-refractivity contribution in [2.24, 2.45) is 5.73 Å². The summed E-state index contributed by atoms with van der Waals surface area (Å²) in [6.45, 7) is 5.78. The Morgan fingerprint density at radius 2 is 1.78 bits per heavy atom. The lowest BCUT2D eigenvalue weighted by Crippen LogP contribution is -2.28. The molecule has 5 heteroatoms. The summed E-state index contributed by atoms with van der Waals surface area (Å²) in [4.78, 5) is 22.3. The minimum atomic E-state index is -0.578. The van der Waals surface area contributed by atoms with Crippen LogP contribution in [0.4, 0.5) is 4.79 Å². The van der Waals surface area contributed by atoms with E-state index in [2.05, 4.69) is 5.32 Å². The van der Waals surface area contributed by atoms with Crippen LogP contribution < -0.4 is 11.1 Å². The summed E-state index contributed by atoms with van der Waals surface area (Å²) in [6, 6.07) is 6.23. The molecule has 0 spiro atoms. The maximum absolute atomic E-state index is 11.7. The lowest BCUT2D eigenvalue weighted by Gasteiger charge is -2.19. The van der Waals surface area contributed by atoms with E-state index in [-0.39, 0.29) is 5.97 Å². The fraction of sp³-hybridized carbons (Fsp3) is 0.385. The van der Waals surface area contributed by atoms with Crippen molar-refractivity contribution in [3.8, 4) is 0 Å². The number of hydrogen-bond donors (Lipinski definition) is 2. The molecule has 1 aromatic carbocycles. The first-order valence-corrected chi connectivity index (χ1v) is 5.63. The van der Waals surface area contributed by atoms with Crippen LogP contribution >= 0.6 is 0 Å². The normalized spacial score (nSPS) is 10.8. The monoisotopic (exact) mass is 250 g/mol. The molecular weight excluding hydrogens is 232 g/mol. The second-order valence-electron chi connectivity index (χ2n) is 4.92. The third kappa shape index (κ3) is 4.86. The van der Waals surface area contributed by atoms with Crippen molar-refractivity contribution < 1.29 is 14.3 Å². The van der Waals surface area contributed by atoms with Crippen LogP contribution in [0.25, 0.3) is 0 Å². The van der Waals surface area contributed by atoms with Crippen LogP contribution in [0.2, 0.25) is 0 Å². The summed E-state index contributed by atoms with van der Waals surface area (Å²) >= 11 is 0. The Morgan fingerprint density at radius 3 is 2.22 bits per heavy atom. The van der Waals surface area contributed by atoms with Crippen LogP contribution in [0.3, 0.4) is 0 Å². The molecule has 0 saturated carbocycles. The van der Waals surface area contributed by atoms with Crippen LogP contribution in [0.5, 0.6) is 0 Å². The third-order valence-electron chi connectivity index (χ3n) is 2.06. The minimum Gasteiger partial charge on any atom is -0.456 e. The summed E-state index contributed by atoms with van der Waals surface area (Å²) in [6.07, 6.45) is 0. The largest absolute Gasteiger partial charge is 0.456 e. The number of urea groups is 1. The zero-order valence-corrected chi connectivity index (χ0v) is 10.8. The van der Waals surface area contributed by atoms with Gasteiger partial charge in [0.05, 0.1) is 5.56 Å². The highest BCUT2D eigenvalue weighted by Crippen LogP contribution is 2.12. The van der Waals surface area contributed by atoms with Crippen LogP contribution in [-0.2, 0) is 11.3 Å². The van der Waals surface area contributed by atoms with Crippen LogP contribution in [-0.4, -0.2) is 17.6 Å². The van der Waals surface area contributed by atoms with Crippen molar-refractivity contribution in [3.63, 3.8) is 0 Å². The van der Waals surface area contributed by atoms with E-state index in [1.807, 2.05) is 20.8 Å². The fourth-order valence-electron chi connectivity index (χ4n) is 1.28. The number of benzene rings is 1. The van der Waals surface area contributed by atoms with Crippen LogP contribution in [0, 0.1) is 0 Å². The van der Waals surface area contributed by atoms with E-state index in [0.717, 1.165) is 5.56 Å². The van der Waals surface area contributed by atoms with Gasteiger partial charge in [0.1, 0.15) is 5.60 Å². The second-order valence-corrected chi connectivity index (χ2v) is 4.92. The Kier molecular flexibility index (Phi) is 4.31. The SMILES string of the molecule is CC(C)(C)OC(=O)c1ccc(CNC(N)=O)cc1. The zero-order chi connectivity index (χ0) is 13.8. The number of carbonyl (C=O) groups is 2. The average Bonchev–Trinajstić information content (AvgIpc) is 2.24. The van der Waals surface area contributed by atoms with Crippen molar-refractivity contribution in [2.45, 2.75) is 32.9 Å². The Hall–Kier alpha value is -2.04. The average molecular weight is 250 g/mol. The Labute approximate surface area is 106 Å².